The lowest BCUT2D eigenvalue weighted by molar-refractivity contribution is 0.458. The van der Waals surface area contributed by atoms with E-state index >= 15 is 0 Å². The molecule has 1 fully saturated rings. The number of nitrogens with one attached hydrogen (secondary N) is 1. The summed E-state index contributed by atoms with van der Waals surface area (Å²) in [5.41, 5.74) is 0. The predicted molar refractivity (Wildman–Crippen MR) is 75.0 cm³/mol. The van der Waals surface area contributed by atoms with Crippen molar-refractivity contribution in [3.8, 4) is 0 Å². The lowest BCUT2D eigenvalue weighted by atomic mass is 10.3. The van der Waals surface area contributed by atoms with Crippen LogP contribution in [-0.4, -0.2) is 40.3 Å². The van der Waals surface area contributed by atoms with E-state index < -0.39 is 0 Å². The molecule has 0 radical (unpaired) electrons. The Kier molecular flexibility index (Phi) is 4.88. The van der Waals surface area contributed by atoms with Gasteiger partial charge in [-0.3, -0.25) is 0 Å². The minimum absolute atomic E-state index is 0.613. The van der Waals surface area contributed by atoms with Crippen molar-refractivity contribution in [3.05, 3.63) is 5.89 Å². The van der Waals surface area contributed by atoms with Crippen LogP contribution in [0.3, 0.4) is 0 Å². The molecule has 0 aliphatic carbocycles. The molecule has 2 rings (SSSR count). The molecule has 0 bridgehead atoms. The molecule has 2 heterocycles. The number of anilines is 1. The third-order valence-corrected chi connectivity index (χ3v) is 4.08. The predicted octanol–water partition coefficient (Wildman–Crippen LogP) is 1.90. The van der Waals surface area contributed by atoms with E-state index in [1.807, 2.05) is 11.8 Å². The van der Waals surface area contributed by atoms with Gasteiger partial charge in [-0.1, -0.05) is 25.9 Å². The van der Waals surface area contributed by atoms with Gasteiger partial charge < -0.3 is 14.6 Å². The second kappa shape index (κ2) is 6.43. The highest BCUT2D eigenvalue weighted by molar-refractivity contribution is 8.00. The third kappa shape index (κ3) is 3.62. The van der Waals surface area contributed by atoms with E-state index in [1.54, 1.807) is 0 Å². The largest absolute Gasteiger partial charge is 0.407 e. The van der Waals surface area contributed by atoms with Crippen LogP contribution in [0.4, 0.5) is 6.01 Å². The van der Waals surface area contributed by atoms with Crippen molar-refractivity contribution in [3.63, 3.8) is 0 Å². The summed E-state index contributed by atoms with van der Waals surface area (Å²) in [6.45, 7) is 10.2. The van der Waals surface area contributed by atoms with E-state index in [0.29, 0.717) is 29.0 Å². The molecule has 0 saturated carbocycles. The third-order valence-electron chi connectivity index (χ3n) is 2.85. The summed E-state index contributed by atoms with van der Waals surface area (Å²) in [7, 11) is 0. The lowest BCUT2D eigenvalue weighted by Crippen LogP contribution is -2.40. The zero-order chi connectivity index (χ0) is 13.0. The summed E-state index contributed by atoms with van der Waals surface area (Å²) >= 11 is 2.02. The van der Waals surface area contributed by atoms with E-state index in [9.17, 15) is 0 Å². The Morgan fingerprint density at radius 2 is 2.06 bits per heavy atom. The van der Waals surface area contributed by atoms with Gasteiger partial charge in [0.15, 0.2) is 0 Å². The van der Waals surface area contributed by atoms with E-state index in [4.69, 9.17) is 4.42 Å². The second-order valence-corrected chi connectivity index (χ2v) is 6.70. The molecule has 0 aromatic carbocycles. The molecule has 18 heavy (non-hydrogen) atoms. The minimum atomic E-state index is 0.613. The average Bonchev–Trinajstić information content (AvgIpc) is 2.77. The number of rotatable bonds is 5. The van der Waals surface area contributed by atoms with Crippen LogP contribution in [0.5, 0.6) is 0 Å². The van der Waals surface area contributed by atoms with Crippen molar-refractivity contribution in [1.82, 2.24) is 15.5 Å². The van der Waals surface area contributed by atoms with Gasteiger partial charge in [0.1, 0.15) is 0 Å². The first-order valence-electron chi connectivity index (χ1n) is 6.62. The topological polar surface area (TPSA) is 54.2 Å². The Hall–Kier alpha value is -0.750. The molecule has 1 aromatic rings. The van der Waals surface area contributed by atoms with Crippen LogP contribution >= 0.6 is 11.8 Å². The molecule has 5 nitrogen and oxygen atoms in total. The van der Waals surface area contributed by atoms with Crippen LogP contribution in [0.25, 0.3) is 0 Å². The van der Waals surface area contributed by atoms with Crippen LogP contribution in [0, 0.1) is 0 Å². The molecule has 1 aliphatic rings. The van der Waals surface area contributed by atoms with Crippen LogP contribution in [0.1, 0.15) is 33.1 Å². The number of nitrogens with zero attached hydrogens (tertiary/aromatic N) is 3. The fourth-order valence-electron chi connectivity index (χ4n) is 2.15. The standard InChI is InChI=1S/C12H22N4OS/c1-4-5-13-6-11-14-15-12(17-11)16-7-9(2)18-10(3)8-16/h9-10,13H,4-8H2,1-3H3. The molecule has 0 spiro atoms. The van der Waals surface area contributed by atoms with Crippen molar-refractivity contribution in [2.24, 2.45) is 0 Å². The maximum absolute atomic E-state index is 5.70. The van der Waals surface area contributed by atoms with E-state index in [-0.39, 0.29) is 0 Å². The quantitative estimate of drug-likeness (QED) is 0.825. The molecular formula is C12H22N4OS. The molecule has 6 heteroatoms. The minimum Gasteiger partial charge on any atom is -0.407 e. The Morgan fingerprint density at radius 1 is 1.33 bits per heavy atom. The van der Waals surface area contributed by atoms with E-state index in [0.717, 1.165) is 26.1 Å². The van der Waals surface area contributed by atoms with Crippen molar-refractivity contribution in [1.29, 1.82) is 0 Å². The first kappa shape index (κ1) is 13.7. The highest BCUT2D eigenvalue weighted by Crippen LogP contribution is 2.27. The van der Waals surface area contributed by atoms with E-state index in [1.165, 1.54) is 0 Å². The second-order valence-electron chi connectivity index (χ2n) is 4.82. The van der Waals surface area contributed by atoms with Gasteiger partial charge in [0.2, 0.25) is 5.89 Å². The van der Waals surface area contributed by atoms with Gasteiger partial charge in [-0.2, -0.15) is 11.8 Å². The van der Waals surface area contributed by atoms with Gasteiger partial charge in [0, 0.05) is 23.6 Å². The monoisotopic (exact) mass is 270 g/mol. The van der Waals surface area contributed by atoms with Gasteiger partial charge in [-0.15, -0.1) is 5.10 Å². The number of thioether (sulfide) groups is 1. The Balaban J connectivity index is 1.92. The Labute approximate surface area is 113 Å². The molecule has 1 saturated heterocycles. The summed E-state index contributed by atoms with van der Waals surface area (Å²) in [5.74, 6) is 0.678. The summed E-state index contributed by atoms with van der Waals surface area (Å²) in [6.07, 6.45) is 1.11. The van der Waals surface area contributed by atoms with Crippen LogP contribution in [0.15, 0.2) is 4.42 Å². The summed E-state index contributed by atoms with van der Waals surface area (Å²) < 4.78 is 5.70. The summed E-state index contributed by atoms with van der Waals surface area (Å²) in [5, 5.41) is 12.7. The Bertz CT molecular complexity index is 361. The number of hydrogen-bond donors (Lipinski definition) is 1. The smallest absolute Gasteiger partial charge is 0.318 e. The first-order chi connectivity index (χ1) is 8.69. The SMILES string of the molecule is CCCNCc1nnc(N2CC(C)SC(C)C2)o1. The van der Waals surface area contributed by atoms with Crippen molar-refractivity contribution >= 4 is 17.8 Å². The fourth-order valence-corrected chi connectivity index (χ4v) is 3.48. The number of aromatic nitrogens is 2. The van der Waals surface area contributed by atoms with Crippen molar-refractivity contribution in [2.45, 2.75) is 44.2 Å². The molecule has 2 unspecified atom stereocenters. The highest BCUT2D eigenvalue weighted by Gasteiger charge is 2.25. The maximum atomic E-state index is 5.70. The lowest BCUT2D eigenvalue weighted by Gasteiger charge is -2.33. The van der Waals surface area contributed by atoms with E-state index in [2.05, 4.69) is 41.2 Å². The molecule has 1 aromatic heterocycles. The molecule has 1 aliphatic heterocycles. The molecular weight excluding hydrogens is 248 g/mol. The summed E-state index contributed by atoms with van der Waals surface area (Å²) in [6, 6.07) is 0.669. The normalized spacial score (nSPS) is 24.5. The molecule has 0 amide bonds. The number of hydrogen-bond acceptors (Lipinski definition) is 6. The Morgan fingerprint density at radius 3 is 2.72 bits per heavy atom. The van der Waals surface area contributed by atoms with Crippen molar-refractivity contribution < 1.29 is 4.42 Å². The fraction of sp³-hybridized carbons (Fsp3) is 0.833. The molecule has 102 valence electrons. The van der Waals surface area contributed by atoms with Crippen LogP contribution in [-0.2, 0) is 6.54 Å². The zero-order valence-corrected chi connectivity index (χ0v) is 12.2. The van der Waals surface area contributed by atoms with Crippen LogP contribution < -0.4 is 10.2 Å². The first-order valence-corrected chi connectivity index (χ1v) is 7.56. The zero-order valence-electron chi connectivity index (χ0n) is 11.3. The van der Waals surface area contributed by atoms with Gasteiger partial charge in [0.05, 0.1) is 6.54 Å². The molecule has 2 atom stereocenters. The van der Waals surface area contributed by atoms with Gasteiger partial charge in [-0.05, 0) is 13.0 Å². The highest BCUT2D eigenvalue weighted by atomic mass is 32.2. The van der Waals surface area contributed by atoms with Gasteiger partial charge in [0.25, 0.3) is 0 Å². The van der Waals surface area contributed by atoms with Gasteiger partial charge in [-0.25, -0.2) is 0 Å². The maximum Gasteiger partial charge on any atom is 0.318 e. The van der Waals surface area contributed by atoms with Crippen LogP contribution in [0.2, 0.25) is 0 Å². The average molecular weight is 270 g/mol. The van der Waals surface area contributed by atoms with Gasteiger partial charge >= 0.3 is 6.01 Å². The molecule has 1 N–H and O–H groups in total. The summed E-state index contributed by atoms with van der Waals surface area (Å²) in [4.78, 5) is 2.20. The van der Waals surface area contributed by atoms with Crippen molar-refractivity contribution in [2.75, 3.05) is 24.5 Å².